The Balaban J connectivity index is 0.00000261. The molecule has 2 saturated heterocycles. The van der Waals surface area contributed by atoms with Crippen LogP contribution in [0.15, 0.2) is 17.1 Å². The van der Waals surface area contributed by atoms with E-state index in [1.54, 1.807) is 31.5 Å². The Bertz CT molecular complexity index is 769. The Hall–Kier alpha value is -1.86. The molecule has 2 aliphatic rings. The molecule has 0 aliphatic carbocycles. The van der Waals surface area contributed by atoms with Gasteiger partial charge in [0.15, 0.2) is 0 Å². The van der Waals surface area contributed by atoms with E-state index in [-0.39, 0.29) is 35.3 Å². The minimum Gasteiger partial charge on any atom is -0.352 e. The third-order valence-electron chi connectivity index (χ3n) is 5.54. The van der Waals surface area contributed by atoms with Crippen molar-refractivity contribution in [3.63, 3.8) is 0 Å². The van der Waals surface area contributed by atoms with Gasteiger partial charge in [0, 0.05) is 25.8 Å². The van der Waals surface area contributed by atoms with Gasteiger partial charge in [-0.15, -0.1) is 12.4 Å². The van der Waals surface area contributed by atoms with Gasteiger partial charge in [0.2, 0.25) is 5.91 Å². The number of nitrogens with one attached hydrogen (secondary N) is 2. The van der Waals surface area contributed by atoms with Crippen molar-refractivity contribution in [1.29, 1.82) is 0 Å². The summed E-state index contributed by atoms with van der Waals surface area (Å²) in [5.74, 6) is -0.160. The highest BCUT2D eigenvalue weighted by atomic mass is 35.5. The summed E-state index contributed by atoms with van der Waals surface area (Å²) in [5.41, 5.74) is -0.400. The van der Waals surface area contributed by atoms with Crippen LogP contribution in [0.2, 0.25) is 0 Å². The van der Waals surface area contributed by atoms with Crippen molar-refractivity contribution in [1.82, 2.24) is 20.1 Å². The van der Waals surface area contributed by atoms with Crippen LogP contribution in [0, 0.1) is 12.8 Å². The van der Waals surface area contributed by atoms with Gasteiger partial charge in [-0.1, -0.05) is 0 Å². The smallest absolute Gasteiger partial charge is 0.263 e. The number of aryl methyl sites for hydroxylation is 1. The molecule has 1 unspecified atom stereocenters. The number of aromatic nitrogens is 1. The van der Waals surface area contributed by atoms with Gasteiger partial charge in [-0.3, -0.25) is 14.4 Å². The lowest BCUT2D eigenvalue weighted by Crippen LogP contribution is -2.64. The van der Waals surface area contributed by atoms with Crippen LogP contribution >= 0.6 is 12.4 Å². The van der Waals surface area contributed by atoms with E-state index in [4.69, 9.17) is 0 Å². The van der Waals surface area contributed by atoms with Crippen LogP contribution in [0.25, 0.3) is 0 Å². The summed E-state index contributed by atoms with van der Waals surface area (Å²) in [4.78, 5) is 39.9. The largest absolute Gasteiger partial charge is 0.352 e. The molecule has 1 atom stereocenters. The lowest BCUT2D eigenvalue weighted by atomic mass is 9.96. The van der Waals surface area contributed by atoms with Crippen LogP contribution in [0.1, 0.15) is 42.6 Å². The molecule has 0 bridgehead atoms. The summed E-state index contributed by atoms with van der Waals surface area (Å²) >= 11 is 0. The molecule has 0 radical (unpaired) electrons. The standard InChI is InChI=1S/C19H28N4O3.ClH/c1-13-6-9-22(12-14-5-4-7-20-11-14)16(24)15(13)17(25)23-10-8-21-18(26)19(23,2)3;/h6,9,14,20H,4-5,7-8,10-12H2,1-3H3,(H,21,26);1H. The number of hydrogen-bond donors (Lipinski definition) is 2. The van der Waals surface area contributed by atoms with Crippen molar-refractivity contribution < 1.29 is 9.59 Å². The minimum absolute atomic E-state index is 0. The highest BCUT2D eigenvalue weighted by molar-refractivity contribution is 6.00. The predicted molar refractivity (Wildman–Crippen MR) is 106 cm³/mol. The number of amides is 2. The molecule has 2 aliphatic heterocycles. The third kappa shape index (κ3) is 4.19. The maximum absolute atomic E-state index is 13.2. The van der Waals surface area contributed by atoms with Crippen molar-refractivity contribution in [3.8, 4) is 0 Å². The van der Waals surface area contributed by atoms with E-state index in [9.17, 15) is 14.4 Å². The molecule has 0 saturated carbocycles. The van der Waals surface area contributed by atoms with E-state index in [1.165, 1.54) is 4.90 Å². The highest BCUT2D eigenvalue weighted by Gasteiger charge is 2.41. The fourth-order valence-corrected chi connectivity index (χ4v) is 3.82. The molecule has 0 spiro atoms. The SMILES string of the molecule is Cc1ccn(CC2CCCNC2)c(=O)c1C(=O)N1CCNC(=O)C1(C)C.Cl. The van der Waals surface area contributed by atoms with Gasteiger partial charge in [0.25, 0.3) is 11.5 Å². The monoisotopic (exact) mass is 396 g/mol. The number of nitrogens with zero attached hydrogens (tertiary/aromatic N) is 2. The number of piperidine rings is 1. The predicted octanol–water partition coefficient (Wildman–Crippen LogP) is 0.929. The Kier molecular flexibility index (Phi) is 6.70. The van der Waals surface area contributed by atoms with E-state index < -0.39 is 5.54 Å². The Morgan fingerprint density at radius 2 is 2.04 bits per heavy atom. The molecule has 2 fully saturated rings. The lowest BCUT2D eigenvalue weighted by molar-refractivity contribution is -0.133. The Labute approximate surface area is 165 Å². The van der Waals surface area contributed by atoms with Crippen LogP contribution in [0.3, 0.4) is 0 Å². The molecule has 3 rings (SSSR count). The molecule has 1 aromatic heterocycles. The summed E-state index contributed by atoms with van der Waals surface area (Å²) in [7, 11) is 0. The first kappa shape index (κ1) is 21.4. The zero-order chi connectivity index (χ0) is 18.9. The fraction of sp³-hybridized carbons (Fsp3) is 0.632. The summed E-state index contributed by atoms with van der Waals surface area (Å²) in [6, 6.07) is 1.82. The zero-order valence-electron chi connectivity index (χ0n) is 16.2. The zero-order valence-corrected chi connectivity index (χ0v) is 17.0. The molecule has 27 heavy (non-hydrogen) atoms. The number of piperazine rings is 1. The third-order valence-corrected chi connectivity index (χ3v) is 5.54. The number of hydrogen-bond acceptors (Lipinski definition) is 4. The number of carbonyl (C=O) groups is 2. The van der Waals surface area contributed by atoms with Crippen LogP contribution in [0.5, 0.6) is 0 Å². The Morgan fingerprint density at radius 3 is 2.70 bits per heavy atom. The summed E-state index contributed by atoms with van der Waals surface area (Å²) in [6.45, 7) is 8.53. The Morgan fingerprint density at radius 1 is 1.30 bits per heavy atom. The molecule has 2 amide bonds. The van der Waals surface area contributed by atoms with E-state index >= 15 is 0 Å². The second-order valence-corrected chi connectivity index (χ2v) is 7.82. The van der Waals surface area contributed by atoms with Gasteiger partial charge in [0.05, 0.1) is 0 Å². The molecule has 150 valence electrons. The lowest BCUT2D eigenvalue weighted by Gasteiger charge is -2.41. The van der Waals surface area contributed by atoms with E-state index in [0.29, 0.717) is 31.1 Å². The molecule has 8 heteroatoms. The molecule has 2 N–H and O–H groups in total. The van der Waals surface area contributed by atoms with Gasteiger partial charge in [0.1, 0.15) is 11.1 Å². The van der Waals surface area contributed by atoms with Crippen LogP contribution < -0.4 is 16.2 Å². The van der Waals surface area contributed by atoms with Gasteiger partial charge >= 0.3 is 0 Å². The molecular weight excluding hydrogens is 368 g/mol. The van der Waals surface area contributed by atoms with Crippen LogP contribution in [-0.2, 0) is 11.3 Å². The summed E-state index contributed by atoms with van der Waals surface area (Å²) < 4.78 is 1.65. The first-order valence-corrected chi connectivity index (χ1v) is 9.33. The van der Waals surface area contributed by atoms with Crippen molar-refractivity contribution in [2.24, 2.45) is 5.92 Å². The molecular formula is C19H29ClN4O3. The summed E-state index contributed by atoms with van der Waals surface area (Å²) in [5, 5.41) is 6.14. The first-order chi connectivity index (χ1) is 12.3. The van der Waals surface area contributed by atoms with Crippen LogP contribution in [-0.4, -0.2) is 53.0 Å². The maximum Gasteiger partial charge on any atom is 0.263 e. The number of carbonyl (C=O) groups excluding carboxylic acids is 2. The molecule has 0 aromatic carbocycles. The topological polar surface area (TPSA) is 83.4 Å². The second kappa shape index (κ2) is 8.44. The molecule has 1 aromatic rings. The van der Waals surface area contributed by atoms with Gasteiger partial charge in [-0.2, -0.15) is 0 Å². The summed E-state index contributed by atoms with van der Waals surface area (Å²) in [6.07, 6.45) is 3.96. The van der Waals surface area contributed by atoms with Crippen molar-refractivity contribution in [2.45, 2.75) is 45.7 Å². The quantitative estimate of drug-likeness (QED) is 0.796. The second-order valence-electron chi connectivity index (χ2n) is 7.82. The number of halogens is 1. The number of rotatable bonds is 3. The van der Waals surface area contributed by atoms with E-state index in [1.807, 2.05) is 6.07 Å². The van der Waals surface area contributed by atoms with Crippen molar-refractivity contribution in [3.05, 3.63) is 33.7 Å². The van der Waals surface area contributed by atoms with Gasteiger partial charge < -0.3 is 20.1 Å². The van der Waals surface area contributed by atoms with Crippen molar-refractivity contribution >= 4 is 24.2 Å². The average Bonchev–Trinajstić information content (AvgIpc) is 2.60. The average molecular weight is 397 g/mol. The van der Waals surface area contributed by atoms with E-state index in [2.05, 4.69) is 10.6 Å². The van der Waals surface area contributed by atoms with E-state index in [0.717, 1.165) is 25.9 Å². The number of pyridine rings is 1. The van der Waals surface area contributed by atoms with Crippen LogP contribution in [0.4, 0.5) is 0 Å². The van der Waals surface area contributed by atoms with Gasteiger partial charge in [-0.05, 0) is 64.3 Å². The van der Waals surface area contributed by atoms with Crippen molar-refractivity contribution in [2.75, 3.05) is 26.2 Å². The molecule has 7 nitrogen and oxygen atoms in total. The highest BCUT2D eigenvalue weighted by Crippen LogP contribution is 2.21. The normalized spacial score (nSPS) is 22.0. The first-order valence-electron chi connectivity index (χ1n) is 9.33. The minimum atomic E-state index is -0.970. The molecule has 3 heterocycles. The van der Waals surface area contributed by atoms with Gasteiger partial charge in [-0.25, -0.2) is 0 Å². The maximum atomic E-state index is 13.2. The fourth-order valence-electron chi connectivity index (χ4n) is 3.82.